The molecule has 0 saturated carbocycles. The molecule has 1 amide bonds. The predicted molar refractivity (Wildman–Crippen MR) is 116 cm³/mol. The van der Waals surface area contributed by atoms with Gasteiger partial charge in [0.25, 0.3) is 0 Å². The van der Waals surface area contributed by atoms with Crippen LogP contribution in [0.15, 0.2) is 61.3 Å². The summed E-state index contributed by atoms with van der Waals surface area (Å²) in [6, 6.07) is 10.0. The van der Waals surface area contributed by atoms with Gasteiger partial charge in [0.1, 0.15) is 11.5 Å². The highest BCUT2D eigenvalue weighted by Gasteiger charge is 2.27. The molecule has 7 heteroatoms. The molecule has 2 aromatic rings. The van der Waals surface area contributed by atoms with Gasteiger partial charge in [0, 0.05) is 31.7 Å². The Balaban J connectivity index is 1.95. The highest BCUT2D eigenvalue weighted by molar-refractivity contribution is 5.90. The van der Waals surface area contributed by atoms with E-state index in [1.807, 2.05) is 49.4 Å². The van der Waals surface area contributed by atoms with Gasteiger partial charge in [-0.25, -0.2) is 4.79 Å². The Morgan fingerprint density at radius 1 is 1.28 bits per heavy atom. The predicted octanol–water partition coefficient (Wildman–Crippen LogP) is 3.40. The van der Waals surface area contributed by atoms with Crippen molar-refractivity contribution in [3.8, 4) is 11.3 Å². The van der Waals surface area contributed by atoms with Crippen LogP contribution in [0.4, 0.5) is 10.6 Å². The number of benzene rings is 1. The third-order valence-electron chi connectivity index (χ3n) is 4.78. The number of carbonyl (C=O) groups is 1. The number of aromatic amines is 1. The number of rotatable bonds is 6. The molecule has 0 aliphatic carbocycles. The van der Waals surface area contributed by atoms with Crippen LogP contribution in [0.3, 0.4) is 0 Å². The van der Waals surface area contributed by atoms with Crippen molar-refractivity contribution < 1.29 is 9.53 Å². The van der Waals surface area contributed by atoms with Gasteiger partial charge in [0.2, 0.25) is 0 Å². The number of aromatic nitrogens is 2. The zero-order valence-electron chi connectivity index (χ0n) is 16.7. The molecule has 1 aliphatic heterocycles. The number of nitrogens with zero attached hydrogens (tertiary/aromatic N) is 3. The lowest BCUT2D eigenvalue weighted by Gasteiger charge is -2.35. The van der Waals surface area contributed by atoms with Gasteiger partial charge < -0.3 is 20.3 Å². The number of amides is 1. The monoisotopic (exact) mass is 393 g/mol. The summed E-state index contributed by atoms with van der Waals surface area (Å²) in [5.74, 6) is 0.901. The first-order chi connectivity index (χ1) is 14.2. The summed E-state index contributed by atoms with van der Waals surface area (Å²) in [5.41, 5.74) is 9.44. The molecule has 1 fully saturated rings. The van der Waals surface area contributed by atoms with Crippen LogP contribution < -0.4 is 10.6 Å². The lowest BCUT2D eigenvalue weighted by molar-refractivity contribution is 0.105. The first kappa shape index (κ1) is 20.3. The maximum atomic E-state index is 12.0. The topological polar surface area (TPSA) is 87.5 Å². The van der Waals surface area contributed by atoms with Crippen LogP contribution in [0, 0.1) is 0 Å². The van der Waals surface area contributed by atoms with Crippen LogP contribution in [-0.4, -0.2) is 54.0 Å². The molecule has 1 aliphatic rings. The van der Waals surface area contributed by atoms with Gasteiger partial charge >= 0.3 is 6.09 Å². The minimum Gasteiger partial charge on any atom is -0.450 e. The summed E-state index contributed by atoms with van der Waals surface area (Å²) in [4.78, 5) is 15.9. The van der Waals surface area contributed by atoms with E-state index in [4.69, 9.17) is 10.5 Å². The quantitative estimate of drug-likeness (QED) is 0.735. The molecule has 1 saturated heterocycles. The van der Waals surface area contributed by atoms with Crippen molar-refractivity contribution >= 4 is 17.5 Å². The van der Waals surface area contributed by atoms with Gasteiger partial charge in [0.15, 0.2) is 0 Å². The van der Waals surface area contributed by atoms with E-state index in [0.29, 0.717) is 32.8 Å². The maximum absolute atomic E-state index is 12.0. The largest absolute Gasteiger partial charge is 0.450 e. The zero-order valence-corrected chi connectivity index (χ0v) is 16.7. The SMILES string of the molecule is C=C/C=C(\C=C/N)c1c(-c2ccccc2)n[nH]c1N1CCN(C(=O)OCC)CC1. The van der Waals surface area contributed by atoms with Crippen LogP contribution in [0.25, 0.3) is 16.8 Å². The summed E-state index contributed by atoms with van der Waals surface area (Å²) in [7, 11) is 0. The minimum atomic E-state index is -0.264. The molecule has 1 aromatic carbocycles. The molecule has 2 heterocycles. The number of anilines is 1. The number of hydrogen-bond acceptors (Lipinski definition) is 5. The van der Waals surface area contributed by atoms with Gasteiger partial charge in [-0.15, -0.1) is 0 Å². The third kappa shape index (κ3) is 4.51. The Hall–Kier alpha value is -3.48. The average molecular weight is 393 g/mol. The molecular weight excluding hydrogens is 366 g/mol. The number of hydrogen-bond donors (Lipinski definition) is 2. The zero-order chi connectivity index (χ0) is 20.6. The molecule has 0 bridgehead atoms. The van der Waals surface area contributed by atoms with E-state index in [0.717, 1.165) is 28.2 Å². The summed E-state index contributed by atoms with van der Waals surface area (Å²) < 4.78 is 5.12. The number of nitrogens with one attached hydrogen (secondary N) is 1. The maximum Gasteiger partial charge on any atom is 0.409 e. The third-order valence-corrected chi connectivity index (χ3v) is 4.78. The van der Waals surface area contributed by atoms with E-state index in [1.54, 1.807) is 11.0 Å². The molecule has 0 radical (unpaired) electrons. The van der Waals surface area contributed by atoms with Crippen LogP contribution in [0.1, 0.15) is 12.5 Å². The lowest BCUT2D eigenvalue weighted by Crippen LogP contribution is -2.49. The summed E-state index contributed by atoms with van der Waals surface area (Å²) in [6.07, 6.45) is 6.75. The number of ether oxygens (including phenoxy) is 1. The minimum absolute atomic E-state index is 0.264. The molecule has 3 rings (SSSR count). The van der Waals surface area contributed by atoms with Crippen molar-refractivity contribution in [3.63, 3.8) is 0 Å². The highest BCUT2D eigenvalue weighted by atomic mass is 16.6. The van der Waals surface area contributed by atoms with Gasteiger partial charge in [-0.3, -0.25) is 5.10 Å². The second-order valence-corrected chi connectivity index (χ2v) is 6.55. The number of H-pyrrole nitrogens is 1. The molecule has 3 N–H and O–H groups in total. The first-order valence-corrected chi connectivity index (χ1v) is 9.71. The van der Waals surface area contributed by atoms with Crippen LogP contribution >= 0.6 is 0 Å². The van der Waals surface area contributed by atoms with Crippen LogP contribution in [0.2, 0.25) is 0 Å². The molecule has 152 valence electrons. The van der Waals surface area contributed by atoms with E-state index >= 15 is 0 Å². The van der Waals surface area contributed by atoms with Crippen molar-refractivity contribution in [3.05, 3.63) is 66.9 Å². The fourth-order valence-electron chi connectivity index (χ4n) is 3.42. The van der Waals surface area contributed by atoms with Crippen molar-refractivity contribution in [2.24, 2.45) is 5.73 Å². The van der Waals surface area contributed by atoms with Crippen molar-refractivity contribution in [2.75, 3.05) is 37.7 Å². The normalized spacial score (nSPS) is 15.0. The van der Waals surface area contributed by atoms with E-state index in [1.165, 1.54) is 6.20 Å². The molecule has 0 spiro atoms. The molecular formula is C22H27N5O2. The van der Waals surface area contributed by atoms with Gasteiger partial charge in [-0.1, -0.05) is 49.1 Å². The number of allylic oxidation sites excluding steroid dienone is 4. The van der Waals surface area contributed by atoms with Gasteiger partial charge in [-0.2, -0.15) is 5.10 Å². The molecule has 29 heavy (non-hydrogen) atoms. The molecule has 1 aromatic heterocycles. The molecule has 7 nitrogen and oxygen atoms in total. The van der Waals surface area contributed by atoms with E-state index < -0.39 is 0 Å². The summed E-state index contributed by atoms with van der Waals surface area (Å²) in [5, 5.41) is 7.81. The van der Waals surface area contributed by atoms with Crippen molar-refractivity contribution in [2.45, 2.75) is 6.92 Å². The number of piperazine rings is 1. The fourth-order valence-corrected chi connectivity index (χ4v) is 3.42. The Morgan fingerprint density at radius 2 is 2.00 bits per heavy atom. The van der Waals surface area contributed by atoms with E-state index in [2.05, 4.69) is 21.7 Å². The second kappa shape index (κ2) is 9.64. The fraction of sp³-hybridized carbons (Fsp3) is 0.273. The number of carbonyl (C=O) groups excluding carboxylic acids is 1. The molecule has 0 atom stereocenters. The standard InChI is InChI=1S/C22H27N5O2/c1-3-8-17(11-12-23)19-20(18-9-6-5-7-10-18)24-25-21(19)26-13-15-27(16-14-26)22(28)29-4-2/h3,5-12H,1,4,13-16,23H2,2H3,(H,24,25)/b12-11-,17-8+. The number of nitrogens with two attached hydrogens (primary N) is 1. The Labute approximate surface area is 171 Å². The van der Waals surface area contributed by atoms with Crippen molar-refractivity contribution in [1.82, 2.24) is 15.1 Å². The Kier molecular flexibility index (Phi) is 6.73. The Bertz CT molecular complexity index is 893. The van der Waals surface area contributed by atoms with Gasteiger partial charge in [-0.05, 0) is 24.8 Å². The van der Waals surface area contributed by atoms with E-state index in [-0.39, 0.29) is 6.09 Å². The average Bonchev–Trinajstić information content (AvgIpc) is 3.19. The van der Waals surface area contributed by atoms with Crippen LogP contribution in [0.5, 0.6) is 0 Å². The molecule has 0 unspecified atom stereocenters. The summed E-state index contributed by atoms with van der Waals surface area (Å²) in [6.45, 7) is 8.56. The van der Waals surface area contributed by atoms with Crippen molar-refractivity contribution in [1.29, 1.82) is 0 Å². The Morgan fingerprint density at radius 3 is 2.62 bits per heavy atom. The van der Waals surface area contributed by atoms with E-state index in [9.17, 15) is 4.79 Å². The lowest BCUT2D eigenvalue weighted by atomic mass is 9.99. The summed E-state index contributed by atoms with van der Waals surface area (Å²) >= 11 is 0. The smallest absolute Gasteiger partial charge is 0.409 e. The highest BCUT2D eigenvalue weighted by Crippen LogP contribution is 2.35. The van der Waals surface area contributed by atoms with Gasteiger partial charge in [0.05, 0.1) is 12.2 Å². The second-order valence-electron chi connectivity index (χ2n) is 6.55. The first-order valence-electron chi connectivity index (χ1n) is 9.71. The van der Waals surface area contributed by atoms with Crippen LogP contribution in [-0.2, 0) is 4.74 Å².